The highest BCUT2D eigenvalue weighted by molar-refractivity contribution is 6.00. The number of aromatic nitrogens is 1. The van der Waals surface area contributed by atoms with E-state index in [1.807, 2.05) is 72.4 Å². The minimum Gasteiger partial charge on any atom is -0.323 e. The van der Waals surface area contributed by atoms with Crippen molar-refractivity contribution < 1.29 is 9.59 Å². The molecule has 130 valence electrons. The van der Waals surface area contributed by atoms with Gasteiger partial charge >= 0.3 is 0 Å². The summed E-state index contributed by atoms with van der Waals surface area (Å²) < 4.78 is 1.84. The Kier molecular flexibility index (Phi) is 5.29. The maximum absolute atomic E-state index is 12.4. The van der Waals surface area contributed by atoms with Crippen LogP contribution < -0.4 is 10.9 Å². The minimum atomic E-state index is -0.403. The molecule has 0 saturated carbocycles. The fourth-order valence-corrected chi connectivity index (χ4v) is 2.55. The van der Waals surface area contributed by atoms with Gasteiger partial charge in [-0.1, -0.05) is 36.4 Å². The standard InChI is InChI=1S/C21H19N3O2/c1-16-8-2-3-9-17(16)12-13-20(25)22-23-21(26)18-10-4-5-11-19(18)24-14-6-7-15-24/h2-15H,1H3,(H,22,25)(H,23,26)/b13-12+. The molecule has 0 aliphatic rings. The molecule has 5 nitrogen and oxygen atoms in total. The van der Waals surface area contributed by atoms with Crippen molar-refractivity contribution in [2.24, 2.45) is 0 Å². The number of nitrogens with zero attached hydrogens (tertiary/aromatic N) is 1. The molecule has 0 aliphatic heterocycles. The summed E-state index contributed by atoms with van der Waals surface area (Å²) in [5, 5.41) is 0. The molecule has 3 aromatic rings. The third kappa shape index (κ3) is 4.08. The van der Waals surface area contributed by atoms with Crippen molar-refractivity contribution in [3.05, 3.63) is 95.8 Å². The van der Waals surface area contributed by atoms with Crippen LogP contribution in [0.1, 0.15) is 21.5 Å². The molecule has 0 saturated heterocycles. The van der Waals surface area contributed by atoms with Gasteiger partial charge < -0.3 is 4.57 Å². The van der Waals surface area contributed by atoms with Gasteiger partial charge in [-0.25, -0.2) is 0 Å². The lowest BCUT2D eigenvalue weighted by molar-refractivity contribution is -0.117. The number of hydrogen-bond donors (Lipinski definition) is 2. The maximum atomic E-state index is 12.4. The summed E-state index contributed by atoms with van der Waals surface area (Å²) in [7, 11) is 0. The number of carbonyl (C=O) groups is 2. The first-order valence-corrected chi connectivity index (χ1v) is 8.21. The first-order chi connectivity index (χ1) is 12.6. The smallest absolute Gasteiger partial charge is 0.271 e. The van der Waals surface area contributed by atoms with E-state index in [0.717, 1.165) is 16.8 Å². The molecule has 0 fully saturated rings. The molecule has 1 heterocycles. The average Bonchev–Trinajstić information content (AvgIpc) is 3.20. The van der Waals surface area contributed by atoms with Gasteiger partial charge in [0.1, 0.15) is 0 Å². The predicted molar refractivity (Wildman–Crippen MR) is 102 cm³/mol. The lowest BCUT2D eigenvalue weighted by Crippen LogP contribution is -2.41. The Balaban J connectivity index is 1.65. The second-order valence-electron chi connectivity index (χ2n) is 5.74. The van der Waals surface area contributed by atoms with E-state index in [1.54, 1.807) is 18.2 Å². The largest absolute Gasteiger partial charge is 0.323 e. The van der Waals surface area contributed by atoms with E-state index < -0.39 is 5.91 Å². The van der Waals surface area contributed by atoms with Gasteiger partial charge in [-0.05, 0) is 48.4 Å². The normalized spacial score (nSPS) is 10.7. The number of hydrogen-bond acceptors (Lipinski definition) is 2. The summed E-state index contributed by atoms with van der Waals surface area (Å²) in [4.78, 5) is 24.4. The van der Waals surface area contributed by atoms with Crippen molar-refractivity contribution in [1.82, 2.24) is 15.4 Å². The van der Waals surface area contributed by atoms with E-state index in [2.05, 4.69) is 10.9 Å². The van der Waals surface area contributed by atoms with E-state index in [-0.39, 0.29) is 5.91 Å². The first-order valence-electron chi connectivity index (χ1n) is 8.21. The van der Waals surface area contributed by atoms with Crippen molar-refractivity contribution in [2.45, 2.75) is 6.92 Å². The fourth-order valence-electron chi connectivity index (χ4n) is 2.55. The van der Waals surface area contributed by atoms with Gasteiger partial charge in [-0.2, -0.15) is 0 Å². The van der Waals surface area contributed by atoms with Crippen LogP contribution in [0.4, 0.5) is 0 Å². The average molecular weight is 345 g/mol. The van der Waals surface area contributed by atoms with Crippen molar-refractivity contribution in [3.8, 4) is 5.69 Å². The first kappa shape index (κ1) is 17.2. The summed E-state index contributed by atoms with van der Waals surface area (Å²) in [6, 6.07) is 18.7. The molecular weight excluding hydrogens is 326 g/mol. The Morgan fingerprint density at radius 3 is 2.35 bits per heavy atom. The van der Waals surface area contributed by atoms with Crippen LogP contribution >= 0.6 is 0 Å². The van der Waals surface area contributed by atoms with Gasteiger partial charge in [-0.15, -0.1) is 0 Å². The van der Waals surface area contributed by atoms with Crippen LogP contribution in [0.5, 0.6) is 0 Å². The van der Waals surface area contributed by atoms with E-state index in [9.17, 15) is 9.59 Å². The topological polar surface area (TPSA) is 63.1 Å². The van der Waals surface area contributed by atoms with E-state index >= 15 is 0 Å². The van der Waals surface area contributed by atoms with Gasteiger partial charge in [0.15, 0.2) is 0 Å². The zero-order valence-corrected chi connectivity index (χ0v) is 14.3. The number of benzene rings is 2. The third-order valence-corrected chi connectivity index (χ3v) is 3.93. The monoisotopic (exact) mass is 345 g/mol. The predicted octanol–water partition coefficient (Wildman–Crippen LogP) is 3.26. The lowest BCUT2D eigenvalue weighted by Gasteiger charge is -2.11. The van der Waals surface area contributed by atoms with Gasteiger partial charge in [0.2, 0.25) is 0 Å². The lowest BCUT2D eigenvalue weighted by atomic mass is 10.1. The van der Waals surface area contributed by atoms with Crippen LogP contribution in [0.2, 0.25) is 0 Å². The molecule has 26 heavy (non-hydrogen) atoms. The summed E-state index contributed by atoms with van der Waals surface area (Å²) in [5.41, 5.74) is 8.08. The third-order valence-electron chi connectivity index (χ3n) is 3.93. The molecule has 0 radical (unpaired) electrons. The molecule has 0 atom stereocenters. The number of aryl methyl sites for hydroxylation is 1. The second-order valence-corrected chi connectivity index (χ2v) is 5.74. The number of nitrogens with one attached hydrogen (secondary N) is 2. The van der Waals surface area contributed by atoms with Crippen molar-refractivity contribution >= 4 is 17.9 Å². The van der Waals surface area contributed by atoms with E-state index in [4.69, 9.17) is 0 Å². The summed E-state index contributed by atoms with van der Waals surface area (Å²) in [6.07, 6.45) is 6.82. The zero-order chi connectivity index (χ0) is 18.4. The molecule has 2 amide bonds. The van der Waals surface area contributed by atoms with E-state index in [1.165, 1.54) is 6.08 Å². The quantitative estimate of drug-likeness (QED) is 0.563. The Bertz CT molecular complexity index is 943. The molecule has 0 bridgehead atoms. The molecule has 0 aliphatic carbocycles. The van der Waals surface area contributed by atoms with Crippen molar-refractivity contribution in [3.63, 3.8) is 0 Å². The molecule has 0 unspecified atom stereocenters. The highest BCUT2D eigenvalue weighted by Crippen LogP contribution is 2.14. The van der Waals surface area contributed by atoms with Gasteiger partial charge in [0.25, 0.3) is 11.8 Å². The number of carbonyl (C=O) groups excluding carboxylic acids is 2. The second kappa shape index (κ2) is 7.98. The van der Waals surface area contributed by atoms with E-state index in [0.29, 0.717) is 5.56 Å². The van der Waals surface area contributed by atoms with Crippen LogP contribution in [0.25, 0.3) is 11.8 Å². The maximum Gasteiger partial charge on any atom is 0.271 e. The summed E-state index contributed by atoms with van der Waals surface area (Å²) >= 11 is 0. The molecular formula is C21H19N3O2. The Morgan fingerprint density at radius 2 is 1.58 bits per heavy atom. The molecule has 2 aromatic carbocycles. The zero-order valence-electron chi connectivity index (χ0n) is 14.3. The summed E-state index contributed by atoms with van der Waals surface area (Å²) in [5.74, 6) is -0.785. The number of hydrazine groups is 1. The van der Waals surface area contributed by atoms with Crippen LogP contribution in [0.3, 0.4) is 0 Å². The molecule has 5 heteroatoms. The van der Waals surface area contributed by atoms with Gasteiger partial charge in [0, 0.05) is 18.5 Å². The Labute approximate surface area is 151 Å². The summed E-state index contributed by atoms with van der Waals surface area (Å²) in [6.45, 7) is 1.97. The molecule has 2 N–H and O–H groups in total. The van der Waals surface area contributed by atoms with Crippen LogP contribution in [-0.4, -0.2) is 16.4 Å². The number of para-hydroxylation sites is 1. The van der Waals surface area contributed by atoms with Gasteiger partial charge in [-0.3, -0.25) is 20.4 Å². The van der Waals surface area contributed by atoms with Gasteiger partial charge in [0.05, 0.1) is 11.3 Å². The van der Waals surface area contributed by atoms with Crippen LogP contribution in [-0.2, 0) is 4.79 Å². The Hall–Kier alpha value is -3.60. The Morgan fingerprint density at radius 1 is 0.885 bits per heavy atom. The molecule has 3 rings (SSSR count). The fraction of sp³-hybridized carbons (Fsp3) is 0.0476. The highest BCUT2D eigenvalue weighted by atomic mass is 16.2. The molecule has 0 spiro atoms. The van der Waals surface area contributed by atoms with Crippen molar-refractivity contribution in [1.29, 1.82) is 0 Å². The highest BCUT2D eigenvalue weighted by Gasteiger charge is 2.12. The van der Waals surface area contributed by atoms with Crippen molar-refractivity contribution in [2.75, 3.05) is 0 Å². The number of rotatable bonds is 4. The SMILES string of the molecule is Cc1ccccc1/C=C/C(=O)NNC(=O)c1ccccc1-n1cccc1. The van der Waals surface area contributed by atoms with Crippen LogP contribution in [0.15, 0.2) is 79.1 Å². The molecule has 1 aromatic heterocycles. The minimum absolute atomic E-state index is 0.382. The number of amides is 2. The van der Waals surface area contributed by atoms with Crippen LogP contribution in [0, 0.1) is 6.92 Å².